The third-order valence-corrected chi connectivity index (χ3v) is 2.54. The Hall–Kier alpha value is -2.04. The van der Waals surface area contributed by atoms with E-state index in [1.54, 1.807) is 18.9 Å². The van der Waals surface area contributed by atoms with Crippen LogP contribution in [0.1, 0.15) is 6.92 Å². The molecule has 0 saturated heterocycles. The second kappa shape index (κ2) is 5.89. The molecular formula is C12H16N2O3. The van der Waals surface area contributed by atoms with Crippen molar-refractivity contribution in [2.45, 2.75) is 13.0 Å². The fourth-order valence-corrected chi connectivity index (χ4v) is 1.37. The Morgan fingerprint density at radius 1 is 1.35 bits per heavy atom. The maximum atomic E-state index is 11.6. The third kappa shape index (κ3) is 3.79. The van der Waals surface area contributed by atoms with Crippen LogP contribution in [0.4, 0.5) is 5.69 Å². The number of amides is 1. The molecule has 0 aliphatic heterocycles. The van der Waals surface area contributed by atoms with Crippen LogP contribution >= 0.6 is 0 Å². The summed E-state index contributed by atoms with van der Waals surface area (Å²) in [5.41, 5.74) is 0.908. The summed E-state index contributed by atoms with van der Waals surface area (Å²) in [6.45, 7) is 1.37. The lowest BCUT2D eigenvalue weighted by atomic mass is 10.2. The maximum absolute atomic E-state index is 11.6. The van der Waals surface area contributed by atoms with E-state index >= 15 is 0 Å². The number of carboxylic acid groups (broad SMARTS) is 1. The van der Waals surface area contributed by atoms with Gasteiger partial charge in [0, 0.05) is 12.7 Å². The molecule has 5 nitrogen and oxygen atoms in total. The molecule has 1 unspecified atom stereocenters. The van der Waals surface area contributed by atoms with Crippen LogP contribution in [0.2, 0.25) is 0 Å². The number of rotatable bonds is 5. The highest BCUT2D eigenvalue weighted by Gasteiger charge is 2.18. The number of aliphatic carboxylic acids is 1. The minimum atomic E-state index is -1.05. The molecule has 1 atom stereocenters. The van der Waals surface area contributed by atoms with Crippen molar-refractivity contribution in [3.05, 3.63) is 30.3 Å². The van der Waals surface area contributed by atoms with Crippen LogP contribution in [0.5, 0.6) is 0 Å². The number of carbonyl (C=O) groups is 2. The van der Waals surface area contributed by atoms with Gasteiger partial charge in [-0.15, -0.1) is 0 Å². The molecule has 17 heavy (non-hydrogen) atoms. The number of carbonyl (C=O) groups excluding carboxylic acids is 1. The van der Waals surface area contributed by atoms with Gasteiger partial charge in [-0.1, -0.05) is 18.2 Å². The number of nitrogens with zero attached hydrogens (tertiary/aromatic N) is 1. The highest BCUT2D eigenvalue weighted by molar-refractivity contribution is 5.87. The average molecular weight is 236 g/mol. The predicted octanol–water partition coefficient (Wildman–Crippen LogP) is 0.712. The van der Waals surface area contributed by atoms with Crippen LogP contribution < -0.4 is 10.2 Å². The molecule has 1 aromatic rings. The molecule has 0 aliphatic carbocycles. The molecule has 1 aromatic carbocycles. The average Bonchev–Trinajstić information content (AvgIpc) is 2.35. The number of carboxylic acids is 1. The minimum Gasteiger partial charge on any atom is -0.480 e. The molecular weight excluding hydrogens is 220 g/mol. The van der Waals surface area contributed by atoms with Crippen LogP contribution in [0, 0.1) is 0 Å². The van der Waals surface area contributed by atoms with Gasteiger partial charge in [-0.25, -0.2) is 0 Å². The molecule has 5 heteroatoms. The van der Waals surface area contributed by atoms with E-state index in [-0.39, 0.29) is 12.5 Å². The zero-order valence-corrected chi connectivity index (χ0v) is 9.88. The lowest BCUT2D eigenvalue weighted by molar-refractivity contribution is -0.138. The van der Waals surface area contributed by atoms with Gasteiger partial charge in [0.1, 0.15) is 12.6 Å². The summed E-state index contributed by atoms with van der Waals surface area (Å²) in [4.78, 5) is 23.8. The smallest absolute Gasteiger partial charge is 0.322 e. The van der Waals surface area contributed by atoms with E-state index in [1.165, 1.54) is 0 Å². The van der Waals surface area contributed by atoms with Gasteiger partial charge in [-0.05, 0) is 19.1 Å². The Morgan fingerprint density at radius 2 is 1.94 bits per heavy atom. The fraction of sp³-hybridized carbons (Fsp3) is 0.333. The summed E-state index contributed by atoms with van der Waals surface area (Å²) in [5, 5.41) is 10.8. The predicted molar refractivity (Wildman–Crippen MR) is 65.0 cm³/mol. The van der Waals surface area contributed by atoms with E-state index in [0.29, 0.717) is 0 Å². The van der Waals surface area contributed by atoms with E-state index in [1.807, 2.05) is 30.3 Å². The fourth-order valence-electron chi connectivity index (χ4n) is 1.37. The summed E-state index contributed by atoms with van der Waals surface area (Å²) in [6, 6.07) is 9.02. The lowest BCUT2D eigenvalue weighted by Gasteiger charge is -2.25. The van der Waals surface area contributed by atoms with Crippen LogP contribution in [0.25, 0.3) is 0 Å². The molecule has 1 rings (SSSR count). The zero-order chi connectivity index (χ0) is 12.8. The SMILES string of the molecule is CC(C(=O)NCC(=O)O)N(C)c1ccccc1. The van der Waals surface area contributed by atoms with Gasteiger partial charge in [0.05, 0.1) is 0 Å². The standard InChI is InChI=1S/C12H16N2O3/c1-9(12(17)13-8-11(15)16)14(2)10-6-4-3-5-7-10/h3-7,9H,8H2,1-2H3,(H,13,17)(H,15,16). The largest absolute Gasteiger partial charge is 0.480 e. The molecule has 0 heterocycles. The monoisotopic (exact) mass is 236 g/mol. The first-order valence-electron chi connectivity index (χ1n) is 5.29. The van der Waals surface area contributed by atoms with Crippen molar-refractivity contribution < 1.29 is 14.7 Å². The summed E-state index contributed by atoms with van der Waals surface area (Å²) in [5.74, 6) is -1.35. The van der Waals surface area contributed by atoms with Gasteiger partial charge in [0.2, 0.25) is 5.91 Å². The molecule has 92 valence electrons. The number of para-hydroxylation sites is 1. The van der Waals surface area contributed by atoms with Crippen molar-refractivity contribution >= 4 is 17.6 Å². The van der Waals surface area contributed by atoms with Gasteiger partial charge >= 0.3 is 5.97 Å². The Morgan fingerprint density at radius 3 is 2.47 bits per heavy atom. The molecule has 0 spiro atoms. The normalized spacial score (nSPS) is 11.6. The second-order valence-corrected chi connectivity index (χ2v) is 3.73. The van der Waals surface area contributed by atoms with Gasteiger partial charge in [-0.3, -0.25) is 9.59 Å². The molecule has 0 aromatic heterocycles. The first kappa shape index (κ1) is 13.0. The van der Waals surface area contributed by atoms with Crippen LogP contribution in [-0.2, 0) is 9.59 Å². The number of benzene rings is 1. The number of likely N-dealkylation sites (N-methyl/N-ethyl adjacent to an activating group) is 1. The number of nitrogens with one attached hydrogen (secondary N) is 1. The first-order chi connectivity index (χ1) is 8.02. The Balaban J connectivity index is 2.60. The minimum absolute atomic E-state index is 0.307. The van der Waals surface area contributed by atoms with Crippen LogP contribution in [0.3, 0.4) is 0 Å². The molecule has 0 saturated carbocycles. The summed E-state index contributed by atoms with van der Waals surface area (Å²) in [6.07, 6.45) is 0. The van der Waals surface area contributed by atoms with Crippen molar-refractivity contribution in [2.24, 2.45) is 0 Å². The van der Waals surface area contributed by atoms with E-state index in [4.69, 9.17) is 5.11 Å². The topological polar surface area (TPSA) is 69.6 Å². The lowest BCUT2D eigenvalue weighted by Crippen LogP contribution is -2.44. The summed E-state index contributed by atoms with van der Waals surface area (Å²) < 4.78 is 0. The molecule has 1 amide bonds. The molecule has 0 aliphatic rings. The van der Waals surface area contributed by atoms with E-state index in [2.05, 4.69) is 5.32 Å². The van der Waals surface area contributed by atoms with Crippen molar-refractivity contribution in [3.63, 3.8) is 0 Å². The third-order valence-electron chi connectivity index (χ3n) is 2.54. The molecule has 2 N–H and O–H groups in total. The number of anilines is 1. The maximum Gasteiger partial charge on any atom is 0.322 e. The summed E-state index contributed by atoms with van der Waals surface area (Å²) >= 11 is 0. The van der Waals surface area contributed by atoms with Gasteiger partial charge in [0.15, 0.2) is 0 Å². The van der Waals surface area contributed by atoms with Crippen molar-refractivity contribution in [2.75, 3.05) is 18.5 Å². The molecule has 0 fully saturated rings. The van der Waals surface area contributed by atoms with E-state index < -0.39 is 12.0 Å². The Labute approximate surface area is 100 Å². The Kier molecular flexibility index (Phi) is 4.51. The van der Waals surface area contributed by atoms with Crippen molar-refractivity contribution in [3.8, 4) is 0 Å². The van der Waals surface area contributed by atoms with Crippen LogP contribution in [0.15, 0.2) is 30.3 Å². The number of hydrogen-bond acceptors (Lipinski definition) is 3. The zero-order valence-electron chi connectivity index (χ0n) is 9.88. The Bertz CT molecular complexity index is 392. The highest BCUT2D eigenvalue weighted by atomic mass is 16.4. The summed E-state index contributed by atoms with van der Waals surface area (Å²) in [7, 11) is 1.79. The highest BCUT2D eigenvalue weighted by Crippen LogP contribution is 2.13. The van der Waals surface area contributed by atoms with Crippen LogP contribution in [-0.4, -0.2) is 36.6 Å². The quantitative estimate of drug-likeness (QED) is 0.790. The van der Waals surface area contributed by atoms with Gasteiger partial charge in [0.25, 0.3) is 0 Å². The van der Waals surface area contributed by atoms with E-state index in [9.17, 15) is 9.59 Å². The first-order valence-corrected chi connectivity index (χ1v) is 5.29. The molecule has 0 bridgehead atoms. The van der Waals surface area contributed by atoms with Crippen molar-refractivity contribution in [1.82, 2.24) is 5.32 Å². The van der Waals surface area contributed by atoms with Crippen molar-refractivity contribution in [1.29, 1.82) is 0 Å². The van der Waals surface area contributed by atoms with E-state index in [0.717, 1.165) is 5.69 Å². The molecule has 0 radical (unpaired) electrons. The van der Waals surface area contributed by atoms with Gasteiger partial charge < -0.3 is 15.3 Å². The number of hydrogen-bond donors (Lipinski definition) is 2. The second-order valence-electron chi connectivity index (χ2n) is 3.73. The van der Waals surface area contributed by atoms with Gasteiger partial charge in [-0.2, -0.15) is 0 Å².